The Kier molecular flexibility index (Phi) is 4.57. The first-order valence-electron chi connectivity index (χ1n) is 6.34. The number of aromatic nitrogens is 3. The predicted molar refractivity (Wildman–Crippen MR) is 80.0 cm³/mol. The quantitative estimate of drug-likeness (QED) is 0.784. The van der Waals surface area contributed by atoms with Crippen molar-refractivity contribution in [2.45, 2.75) is 0 Å². The van der Waals surface area contributed by atoms with E-state index in [1.165, 1.54) is 30.5 Å². The summed E-state index contributed by atoms with van der Waals surface area (Å²) in [5.74, 6) is 0.492. The first-order chi connectivity index (χ1) is 10.5. The van der Waals surface area contributed by atoms with Crippen molar-refractivity contribution < 1.29 is 14.3 Å². The molecule has 0 bridgehead atoms. The van der Waals surface area contributed by atoms with E-state index in [2.05, 4.69) is 25.8 Å². The molecule has 116 valence electrons. The standard InChI is InChI=1S/C13H16N6O3/c1-19(2)12(20)9-6-8(4-5-14-9)16-13(21)17-11-10(22-3)7-15-18-11/h4-7H,1-3H3,(H3,14,15,16,17,18,21). The highest BCUT2D eigenvalue weighted by Gasteiger charge is 2.12. The largest absolute Gasteiger partial charge is 0.491 e. The number of hydrogen-bond acceptors (Lipinski definition) is 5. The highest BCUT2D eigenvalue weighted by atomic mass is 16.5. The Bertz CT molecular complexity index is 682. The maximum absolute atomic E-state index is 11.9. The van der Waals surface area contributed by atoms with Gasteiger partial charge < -0.3 is 15.0 Å². The number of carbonyl (C=O) groups excluding carboxylic acids is 2. The number of aromatic amines is 1. The topological polar surface area (TPSA) is 112 Å². The van der Waals surface area contributed by atoms with Gasteiger partial charge in [0.2, 0.25) is 0 Å². The van der Waals surface area contributed by atoms with E-state index in [9.17, 15) is 9.59 Å². The highest BCUT2D eigenvalue weighted by Crippen LogP contribution is 2.19. The van der Waals surface area contributed by atoms with Crippen molar-refractivity contribution in [3.63, 3.8) is 0 Å². The molecule has 0 aliphatic rings. The van der Waals surface area contributed by atoms with Gasteiger partial charge in [0.1, 0.15) is 5.69 Å². The van der Waals surface area contributed by atoms with Crippen LogP contribution in [0.25, 0.3) is 0 Å². The van der Waals surface area contributed by atoms with Crippen LogP contribution < -0.4 is 15.4 Å². The molecular formula is C13H16N6O3. The summed E-state index contributed by atoms with van der Waals surface area (Å²) in [5, 5.41) is 11.5. The molecule has 9 heteroatoms. The molecule has 2 heterocycles. The number of ether oxygens (including phenoxy) is 1. The van der Waals surface area contributed by atoms with Gasteiger partial charge in [0, 0.05) is 26.0 Å². The molecule has 0 atom stereocenters. The van der Waals surface area contributed by atoms with E-state index in [1.54, 1.807) is 20.2 Å². The molecule has 0 aliphatic carbocycles. The number of rotatable bonds is 4. The van der Waals surface area contributed by atoms with Gasteiger partial charge in [0.15, 0.2) is 11.6 Å². The molecule has 22 heavy (non-hydrogen) atoms. The minimum Gasteiger partial charge on any atom is -0.491 e. The lowest BCUT2D eigenvalue weighted by Gasteiger charge is -2.11. The van der Waals surface area contributed by atoms with E-state index in [-0.39, 0.29) is 11.6 Å². The lowest BCUT2D eigenvalue weighted by Crippen LogP contribution is -2.24. The number of pyridine rings is 1. The Morgan fingerprint density at radius 1 is 1.32 bits per heavy atom. The molecule has 3 amide bonds. The summed E-state index contributed by atoms with van der Waals surface area (Å²) in [6.45, 7) is 0. The van der Waals surface area contributed by atoms with E-state index >= 15 is 0 Å². The minimum atomic E-state index is -0.503. The Hall–Kier alpha value is -3.10. The third-order valence-electron chi connectivity index (χ3n) is 2.71. The maximum atomic E-state index is 11.9. The van der Waals surface area contributed by atoms with Crippen LogP contribution in [0.3, 0.4) is 0 Å². The van der Waals surface area contributed by atoms with Crippen LogP contribution in [0.5, 0.6) is 5.75 Å². The van der Waals surface area contributed by atoms with E-state index in [0.717, 1.165) is 0 Å². The van der Waals surface area contributed by atoms with E-state index < -0.39 is 6.03 Å². The summed E-state index contributed by atoms with van der Waals surface area (Å²) in [4.78, 5) is 29.1. The summed E-state index contributed by atoms with van der Waals surface area (Å²) in [5.41, 5.74) is 0.679. The zero-order valence-electron chi connectivity index (χ0n) is 12.4. The number of methoxy groups -OCH3 is 1. The smallest absolute Gasteiger partial charge is 0.324 e. The van der Waals surface area contributed by atoms with Crippen LogP contribution in [0.1, 0.15) is 10.5 Å². The van der Waals surface area contributed by atoms with Crippen molar-refractivity contribution in [2.24, 2.45) is 0 Å². The molecule has 3 N–H and O–H groups in total. The fourth-order valence-corrected chi connectivity index (χ4v) is 1.65. The first kappa shape index (κ1) is 15.3. The Balaban J connectivity index is 2.06. The number of anilines is 2. The van der Waals surface area contributed by atoms with Gasteiger partial charge in [-0.1, -0.05) is 0 Å². The predicted octanol–water partition coefficient (Wildman–Crippen LogP) is 1.16. The van der Waals surface area contributed by atoms with Crippen LogP contribution >= 0.6 is 0 Å². The van der Waals surface area contributed by atoms with Crippen LogP contribution in [-0.4, -0.2) is 53.2 Å². The summed E-state index contributed by atoms with van der Waals surface area (Å²) in [7, 11) is 4.72. The zero-order valence-corrected chi connectivity index (χ0v) is 12.4. The fourth-order valence-electron chi connectivity index (χ4n) is 1.65. The minimum absolute atomic E-state index is 0.238. The fraction of sp³-hybridized carbons (Fsp3) is 0.231. The van der Waals surface area contributed by atoms with E-state index in [0.29, 0.717) is 17.3 Å². The molecule has 0 fully saturated rings. The van der Waals surface area contributed by atoms with Crippen molar-refractivity contribution >= 4 is 23.4 Å². The second-order valence-electron chi connectivity index (χ2n) is 4.52. The molecule has 9 nitrogen and oxygen atoms in total. The maximum Gasteiger partial charge on any atom is 0.324 e. The number of amides is 3. The van der Waals surface area contributed by atoms with Gasteiger partial charge in [-0.3, -0.25) is 20.2 Å². The SMILES string of the molecule is COc1cn[nH]c1NC(=O)Nc1ccnc(C(=O)N(C)C)c1. The first-order valence-corrected chi connectivity index (χ1v) is 6.34. The molecule has 2 rings (SSSR count). The van der Waals surface area contributed by atoms with Gasteiger partial charge in [-0.2, -0.15) is 5.10 Å². The average Bonchev–Trinajstić information content (AvgIpc) is 2.93. The second-order valence-corrected chi connectivity index (χ2v) is 4.52. The third kappa shape index (κ3) is 3.51. The zero-order chi connectivity index (χ0) is 16.1. The molecule has 2 aromatic heterocycles. The molecule has 0 radical (unpaired) electrons. The van der Waals surface area contributed by atoms with Gasteiger partial charge in [-0.15, -0.1) is 0 Å². The van der Waals surface area contributed by atoms with Crippen molar-refractivity contribution in [1.29, 1.82) is 0 Å². The highest BCUT2D eigenvalue weighted by molar-refractivity contribution is 6.01. The van der Waals surface area contributed by atoms with Gasteiger partial charge in [0.05, 0.1) is 13.3 Å². The molecule has 0 saturated carbocycles. The lowest BCUT2D eigenvalue weighted by atomic mass is 10.3. The van der Waals surface area contributed by atoms with Crippen molar-refractivity contribution in [3.8, 4) is 5.75 Å². The van der Waals surface area contributed by atoms with Gasteiger partial charge in [0.25, 0.3) is 5.91 Å². The monoisotopic (exact) mass is 304 g/mol. The molecule has 0 unspecified atom stereocenters. The lowest BCUT2D eigenvalue weighted by molar-refractivity contribution is 0.0822. The number of nitrogens with zero attached hydrogens (tertiary/aromatic N) is 3. The Morgan fingerprint density at radius 3 is 2.77 bits per heavy atom. The number of urea groups is 1. The van der Waals surface area contributed by atoms with Crippen molar-refractivity contribution in [2.75, 3.05) is 31.8 Å². The summed E-state index contributed by atoms with van der Waals surface area (Å²) in [6.07, 6.45) is 2.89. The van der Waals surface area contributed by atoms with Crippen molar-refractivity contribution in [1.82, 2.24) is 20.1 Å². The second kappa shape index (κ2) is 6.57. The normalized spacial score (nSPS) is 9.95. The Morgan fingerprint density at radius 2 is 2.09 bits per heavy atom. The third-order valence-corrected chi connectivity index (χ3v) is 2.71. The summed E-state index contributed by atoms with van der Waals surface area (Å²) < 4.78 is 5.02. The van der Waals surface area contributed by atoms with E-state index in [1.807, 2.05) is 0 Å². The molecule has 2 aromatic rings. The van der Waals surface area contributed by atoms with Crippen LogP contribution in [-0.2, 0) is 0 Å². The number of carbonyl (C=O) groups is 2. The van der Waals surface area contributed by atoms with Gasteiger partial charge >= 0.3 is 6.03 Å². The van der Waals surface area contributed by atoms with Gasteiger partial charge in [-0.05, 0) is 12.1 Å². The van der Waals surface area contributed by atoms with Crippen molar-refractivity contribution in [3.05, 3.63) is 30.2 Å². The van der Waals surface area contributed by atoms with Crippen LogP contribution in [0.4, 0.5) is 16.3 Å². The Labute approximate surface area is 126 Å². The molecule has 0 saturated heterocycles. The molecule has 0 aliphatic heterocycles. The number of hydrogen-bond donors (Lipinski definition) is 3. The summed E-state index contributed by atoms with van der Waals surface area (Å²) in [6, 6.07) is 2.57. The molecule has 0 aromatic carbocycles. The summed E-state index contributed by atoms with van der Waals surface area (Å²) >= 11 is 0. The van der Waals surface area contributed by atoms with Crippen LogP contribution in [0.15, 0.2) is 24.5 Å². The van der Waals surface area contributed by atoms with E-state index in [4.69, 9.17) is 4.74 Å². The van der Waals surface area contributed by atoms with Gasteiger partial charge in [-0.25, -0.2) is 4.79 Å². The molecular weight excluding hydrogens is 288 g/mol. The molecule has 0 spiro atoms. The van der Waals surface area contributed by atoms with Crippen LogP contribution in [0.2, 0.25) is 0 Å². The number of nitrogens with one attached hydrogen (secondary N) is 3. The average molecular weight is 304 g/mol. The number of H-pyrrole nitrogens is 1. The van der Waals surface area contributed by atoms with Crippen LogP contribution in [0, 0.1) is 0 Å².